The molecule has 0 amide bonds. The summed E-state index contributed by atoms with van der Waals surface area (Å²) in [6.45, 7) is -0.677. The van der Waals surface area contributed by atoms with E-state index in [1.807, 2.05) is 0 Å². The standard InChI is InChI=1S/C20H22F2N6O2/c21-15(22)11-28-8-5-12-9-16(26-17-10-23-6-7-24-17)27-19(18(12)20(28)30)25-13-1-3-14(29)4-2-13/h5-10,13-15,29H,1-4,11H2,(H2,24,25,26,27). The zero-order chi connectivity index (χ0) is 21.1. The lowest BCUT2D eigenvalue weighted by molar-refractivity contribution is 0.125. The number of hydrogen-bond acceptors (Lipinski definition) is 7. The molecule has 0 atom stereocenters. The zero-order valence-corrected chi connectivity index (χ0v) is 16.1. The van der Waals surface area contributed by atoms with Crippen molar-refractivity contribution in [3.63, 3.8) is 0 Å². The number of aliphatic hydroxyl groups excluding tert-OH is 1. The van der Waals surface area contributed by atoms with Crippen LogP contribution in [0.5, 0.6) is 0 Å². The van der Waals surface area contributed by atoms with E-state index in [2.05, 4.69) is 25.6 Å². The van der Waals surface area contributed by atoms with Crippen molar-refractivity contribution in [2.45, 2.75) is 50.8 Å². The van der Waals surface area contributed by atoms with Gasteiger partial charge in [0.15, 0.2) is 0 Å². The molecule has 3 heterocycles. The molecule has 3 N–H and O–H groups in total. The Morgan fingerprint density at radius 3 is 2.70 bits per heavy atom. The molecule has 0 aliphatic heterocycles. The average Bonchev–Trinajstić information content (AvgIpc) is 2.72. The van der Waals surface area contributed by atoms with E-state index in [4.69, 9.17) is 0 Å². The Morgan fingerprint density at radius 1 is 1.20 bits per heavy atom. The van der Waals surface area contributed by atoms with Crippen molar-refractivity contribution in [2.75, 3.05) is 10.6 Å². The minimum atomic E-state index is -2.64. The predicted molar refractivity (Wildman–Crippen MR) is 109 cm³/mol. The summed E-state index contributed by atoms with van der Waals surface area (Å²) in [7, 11) is 0. The molecule has 3 aromatic heterocycles. The molecule has 1 aliphatic rings. The Bertz CT molecular complexity index is 1070. The number of pyridine rings is 2. The van der Waals surface area contributed by atoms with Crippen molar-refractivity contribution in [1.29, 1.82) is 0 Å². The topological polar surface area (TPSA) is 105 Å². The Labute approximate surface area is 171 Å². The van der Waals surface area contributed by atoms with Gasteiger partial charge in [-0.15, -0.1) is 0 Å². The molecule has 158 valence electrons. The fourth-order valence-corrected chi connectivity index (χ4v) is 3.67. The summed E-state index contributed by atoms with van der Waals surface area (Å²) in [6.07, 6.45) is 5.81. The molecule has 3 aromatic rings. The van der Waals surface area contributed by atoms with Crippen LogP contribution < -0.4 is 16.2 Å². The number of hydrogen-bond donors (Lipinski definition) is 3. The highest BCUT2D eigenvalue weighted by molar-refractivity contribution is 5.93. The maximum absolute atomic E-state index is 12.9. The van der Waals surface area contributed by atoms with Crippen LogP contribution >= 0.6 is 0 Å². The highest BCUT2D eigenvalue weighted by Gasteiger charge is 2.22. The summed E-state index contributed by atoms with van der Waals surface area (Å²) in [5.74, 6) is 1.27. The molecule has 30 heavy (non-hydrogen) atoms. The van der Waals surface area contributed by atoms with E-state index in [1.165, 1.54) is 6.20 Å². The van der Waals surface area contributed by atoms with Gasteiger partial charge in [0.05, 0.1) is 24.2 Å². The van der Waals surface area contributed by atoms with Gasteiger partial charge in [0.2, 0.25) is 0 Å². The van der Waals surface area contributed by atoms with E-state index in [-0.39, 0.29) is 17.5 Å². The molecule has 8 nitrogen and oxygen atoms in total. The number of aromatic nitrogens is 4. The van der Waals surface area contributed by atoms with Crippen molar-refractivity contribution in [1.82, 2.24) is 19.5 Å². The molecule has 0 spiro atoms. The highest BCUT2D eigenvalue weighted by Crippen LogP contribution is 2.27. The molecule has 0 saturated heterocycles. The molecule has 4 rings (SSSR count). The summed E-state index contributed by atoms with van der Waals surface area (Å²) < 4.78 is 26.8. The maximum atomic E-state index is 12.9. The van der Waals surface area contributed by atoms with Crippen LogP contribution in [0, 0.1) is 0 Å². The van der Waals surface area contributed by atoms with Crippen LogP contribution in [0.15, 0.2) is 41.7 Å². The third kappa shape index (κ3) is 4.54. The van der Waals surface area contributed by atoms with Crippen molar-refractivity contribution < 1.29 is 13.9 Å². The monoisotopic (exact) mass is 416 g/mol. The van der Waals surface area contributed by atoms with Crippen LogP contribution in [-0.4, -0.2) is 43.2 Å². The van der Waals surface area contributed by atoms with E-state index in [0.717, 1.165) is 17.4 Å². The first-order chi connectivity index (χ1) is 14.5. The minimum Gasteiger partial charge on any atom is -0.393 e. The second-order valence-electron chi connectivity index (χ2n) is 7.35. The molecular formula is C20H22F2N6O2. The molecule has 1 saturated carbocycles. The second kappa shape index (κ2) is 8.70. The van der Waals surface area contributed by atoms with Gasteiger partial charge < -0.3 is 20.3 Å². The first kappa shape index (κ1) is 20.1. The van der Waals surface area contributed by atoms with Gasteiger partial charge in [-0.3, -0.25) is 9.78 Å². The quantitative estimate of drug-likeness (QED) is 0.567. The van der Waals surface area contributed by atoms with Crippen molar-refractivity contribution in [3.8, 4) is 0 Å². The van der Waals surface area contributed by atoms with Crippen molar-refractivity contribution in [2.24, 2.45) is 0 Å². The van der Waals surface area contributed by atoms with Crippen LogP contribution in [0.3, 0.4) is 0 Å². The van der Waals surface area contributed by atoms with Gasteiger partial charge in [-0.1, -0.05) is 0 Å². The molecular weight excluding hydrogens is 394 g/mol. The number of alkyl halides is 2. The Hall–Kier alpha value is -3.14. The first-order valence-corrected chi connectivity index (χ1v) is 9.79. The largest absolute Gasteiger partial charge is 0.393 e. The number of aliphatic hydroxyl groups is 1. The minimum absolute atomic E-state index is 0.0269. The van der Waals surface area contributed by atoms with Crippen molar-refractivity contribution in [3.05, 3.63) is 47.3 Å². The first-order valence-electron chi connectivity index (χ1n) is 9.79. The van der Waals surface area contributed by atoms with E-state index in [0.29, 0.717) is 35.7 Å². The van der Waals surface area contributed by atoms with Gasteiger partial charge in [0.25, 0.3) is 12.0 Å². The van der Waals surface area contributed by atoms with E-state index < -0.39 is 18.5 Å². The predicted octanol–water partition coefficient (Wildman–Crippen LogP) is 2.91. The Morgan fingerprint density at radius 2 is 2.00 bits per heavy atom. The maximum Gasteiger partial charge on any atom is 0.262 e. The summed E-state index contributed by atoms with van der Waals surface area (Å²) in [6, 6.07) is 3.32. The number of rotatable bonds is 6. The second-order valence-corrected chi connectivity index (χ2v) is 7.35. The van der Waals surface area contributed by atoms with Crippen LogP contribution in [0.4, 0.5) is 26.2 Å². The molecule has 0 radical (unpaired) electrons. The van der Waals surface area contributed by atoms with Gasteiger partial charge in [-0.25, -0.2) is 18.7 Å². The molecule has 0 unspecified atom stereocenters. The summed E-state index contributed by atoms with van der Waals surface area (Å²) in [5.41, 5.74) is -0.523. The van der Waals surface area contributed by atoms with E-state index in [9.17, 15) is 18.7 Å². The SMILES string of the molecule is O=c1c2c(NC3CCC(O)CC3)nc(Nc3cnccn3)cc2ccn1CC(F)F. The summed E-state index contributed by atoms with van der Waals surface area (Å²) in [5, 5.41) is 16.9. The summed E-state index contributed by atoms with van der Waals surface area (Å²) in [4.78, 5) is 25.6. The fraction of sp³-hybridized carbons (Fsp3) is 0.400. The van der Waals surface area contributed by atoms with Gasteiger partial charge in [-0.2, -0.15) is 0 Å². The number of anilines is 3. The lowest BCUT2D eigenvalue weighted by Gasteiger charge is -2.27. The molecule has 10 heteroatoms. The number of nitrogens with one attached hydrogen (secondary N) is 2. The summed E-state index contributed by atoms with van der Waals surface area (Å²) >= 11 is 0. The van der Waals surface area contributed by atoms with Crippen LogP contribution in [0.1, 0.15) is 25.7 Å². The van der Waals surface area contributed by atoms with Gasteiger partial charge >= 0.3 is 0 Å². The van der Waals surface area contributed by atoms with Gasteiger partial charge in [-0.05, 0) is 43.2 Å². The number of fused-ring (bicyclic) bond motifs is 1. The highest BCUT2D eigenvalue weighted by atomic mass is 19.3. The lowest BCUT2D eigenvalue weighted by Crippen LogP contribution is -2.30. The fourth-order valence-electron chi connectivity index (χ4n) is 3.67. The molecule has 0 aromatic carbocycles. The lowest BCUT2D eigenvalue weighted by atomic mass is 9.93. The van der Waals surface area contributed by atoms with Gasteiger partial charge in [0, 0.05) is 24.6 Å². The van der Waals surface area contributed by atoms with Crippen molar-refractivity contribution >= 4 is 28.2 Å². The van der Waals surface area contributed by atoms with Crippen LogP contribution in [0.2, 0.25) is 0 Å². The molecule has 0 bridgehead atoms. The average molecular weight is 416 g/mol. The van der Waals surface area contributed by atoms with Gasteiger partial charge in [0.1, 0.15) is 17.5 Å². The van der Waals surface area contributed by atoms with Crippen LogP contribution in [-0.2, 0) is 6.54 Å². The van der Waals surface area contributed by atoms with E-state index in [1.54, 1.807) is 30.7 Å². The molecule has 1 aliphatic carbocycles. The normalized spacial score (nSPS) is 19.2. The number of halogens is 2. The van der Waals surface area contributed by atoms with Crippen LogP contribution in [0.25, 0.3) is 10.8 Å². The molecule has 1 fully saturated rings. The Balaban J connectivity index is 1.75. The van der Waals surface area contributed by atoms with E-state index >= 15 is 0 Å². The third-order valence-corrected chi connectivity index (χ3v) is 5.15. The third-order valence-electron chi connectivity index (χ3n) is 5.15. The number of nitrogens with zero attached hydrogens (tertiary/aromatic N) is 4. The zero-order valence-electron chi connectivity index (χ0n) is 16.1. The smallest absolute Gasteiger partial charge is 0.262 e. The Kier molecular flexibility index (Phi) is 5.84.